The molecule has 0 unspecified atom stereocenters. The van der Waals surface area contributed by atoms with E-state index in [2.05, 4.69) is 20.6 Å². The Morgan fingerprint density at radius 3 is 2.92 bits per heavy atom. The lowest BCUT2D eigenvalue weighted by Gasteiger charge is -2.11. The zero-order chi connectivity index (χ0) is 8.55. The van der Waals surface area contributed by atoms with Crippen LogP contribution < -0.4 is 21.9 Å². The highest BCUT2D eigenvalue weighted by molar-refractivity contribution is 5.68. The number of hydrogen-bond acceptors (Lipinski definition) is 5. The fourth-order valence-corrected chi connectivity index (χ4v) is 0.975. The van der Waals surface area contributed by atoms with E-state index in [4.69, 9.17) is 5.73 Å². The summed E-state index contributed by atoms with van der Waals surface area (Å²) in [5.41, 5.74) is 5.42. The number of fused-ring (bicyclic) bond motifs is 1. The predicted molar refractivity (Wildman–Crippen MR) is 45.7 cm³/mol. The summed E-state index contributed by atoms with van der Waals surface area (Å²) in [5.74, 6) is 0.544. The Labute approximate surface area is 67.5 Å². The molecule has 2 rings (SSSR count). The van der Waals surface area contributed by atoms with Crippen LogP contribution in [0.1, 0.15) is 0 Å². The molecule has 2 heterocycles. The van der Waals surface area contributed by atoms with E-state index in [0.29, 0.717) is 11.5 Å². The van der Waals surface area contributed by atoms with Gasteiger partial charge in [-0.15, -0.1) is 0 Å². The van der Waals surface area contributed by atoms with Gasteiger partial charge in [0.05, 0.1) is 0 Å². The Hall–Kier alpha value is -1.98. The largest absolute Gasteiger partial charge is 0.369 e. The molecule has 0 spiro atoms. The molecule has 0 saturated carbocycles. The molecule has 0 fully saturated rings. The van der Waals surface area contributed by atoms with Crippen LogP contribution in [-0.2, 0) is 0 Å². The molecular formula is C6H7N5O. The van der Waals surface area contributed by atoms with Crippen molar-refractivity contribution >= 4 is 17.5 Å². The lowest BCUT2D eigenvalue weighted by molar-refractivity contribution is 1.13. The summed E-state index contributed by atoms with van der Waals surface area (Å²) in [6.07, 6.45) is 3.24. The maximum Gasteiger partial charge on any atom is 0.278 e. The second kappa shape index (κ2) is 2.26. The van der Waals surface area contributed by atoms with Gasteiger partial charge in [-0.3, -0.25) is 9.78 Å². The van der Waals surface area contributed by atoms with Crippen LogP contribution in [-0.4, -0.2) is 9.97 Å². The Balaban J connectivity index is 2.65. The number of aromatic amines is 1. The van der Waals surface area contributed by atoms with E-state index in [1.165, 1.54) is 0 Å². The fraction of sp³-hybridized carbons (Fsp3) is 0. The van der Waals surface area contributed by atoms with Crippen LogP contribution in [0.3, 0.4) is 0 Å². The fourth-order valence-electron chi connectivity index (χ4n) is 0.975. The third-order valence-corrected chi connectivity index (χ3v) is 1.47. The van der Waals surface area contributed by atoms with Crippen molar-refractivity contribution in [3.8, 4) is 0 Å². The molecule has 0 amide bonds. The summed E-state index contributed by atoms with van der Waals surface area (Å²) < 4.78 is 0. The van der Waals surface area contributed by atoms with Crippen molar-refractivity contribution in [2.24, 2.45) is 0 Å². The van der Waals surface area contributed by atoms with Crippen molar-refractivity contribution in [1.29, 1.82) is 0 Å². The lowest BCUT2D eigenvalue weighted by atomic mass is 10.4. The Morgan fingerprint density at radius 2 is 2.08 bits per heavy atom. The van der Waals surface area contributed by atoms with E-state index in [9.17, 15) is 4.79 Å². The van der Waals surface area contributed by atoms with Crippen molar-refractivity contribution in [2.75, 3.05) is 16.4 Å². The molecule has 0 bridgehead atoms. The second-order valence-electron chi connectivity index (χ2n) is 2.30. The third kappa shape index (κ3) is 0.895. The average molecular weight is 165 g/mol. The van der Waals surface area contributed by atoms with Crippen LogP contribution in [0.4, 0.5) is 17.5 Å². The van der Waals surface area contributed by atoms with Gasteiger partial charge in [-0.2, -0.15) is 4.98 Å². The van der Waals surface area contributed by atoms with E-state index in [1.54, 1.807) is 12.4 Å². The molecule has 0 aromatic carbocycles. The molecule has 0 saturated heterocycles. The van der Waals surface area contributed by atoms with Crippen LogP contribution in [0.15, 0.2) is 17.2 Å². The van der Waals surface area contributed by atoms with Gasteiger partial charge in [0.25, 0.3) is 5.56 Å². The van der Waals surface area contributed by atoms with Crippen molar-refractivity contribution in [3.05, 3.63) is 22.8 Å². The minimum absolute atomic E-state index is 0.100. The molecule has 1 aromatic rings. The summed E-state index contributed by atoms with van der Waals surface area (Å²) in [7, 11) is 0. The highest BCUT2D eigenvalue weighted by atomic mass is 16.1. The Kier molecular flexibility index (Phi) is 1.26. The van der Waals surface area contributed by atoms with Crippen LogP contribution in [0.2, 0.25) is 0 Å². The number of anilines is 3. The highest BCUT2D eigenvalue weighted by Gasteiger charge is 2.10. The smallest absolute Gasteiger partial charge is 0.278 e. The standard InChI is InChI=1S/C6H7N5O/c7-6-10-4-3(5(12)11-6)8-1-2-9-4/h1-2,8H,(H4,7,9,10,11,12). The number of nitrogen functional groups attached to an aromatic ring is 1. The van der Waals surface area contributed by atoms with Gasteiger partial charge in [0.15, 0.2) is 5.82 Å². The number of aromatic nitrogens is 2. The first-order valence-electron chi connectivity index (χ1n) is 3.35. The van der Waals surface area contributed by atoms with E-state index in [0.717, 1.165) is 0 Å². The number of rotatable bonds is 0. The van der Waals surface area contributed by atoms with Crippen molar-refractivity contribution in [3.63, 3.8) is 0 Å². The third-order valence-electron chi connectivity index (χ3n) is 1.47. The molecule has 5 N–H and O–H groups in total. The number of nitrogens with two attached hydrogens (primary N) is 1. The van der Waals surface area contributed by atoms with Crippen molar-refractivity contribution in [1.82, 2.24) is 9.97 Å². The van der Waals surface area contributed by atoms with Crippen LogP contribution >= 0.6 is 0 Å². The van der Waals surface area contributed by atoms with Crippen LogP contribution in [0.5, 0.6) is 0 Å². The van der Waals surface area contributed by atoms with E-state index in [1.807, 2.05) is 0 Å². The molecule has 1 aliphatic heterocycles. The zero-order valence-electron chi connectivity index (χ0n) is 6.09. The summed E-state index contributed by atoms with van der Waals surface area (Å²) in [6, 6.07) is 0. The van der Waals surface area contributed by atoms with Gasteiger partial charge >= 0.3 is 0 Å². The van der Waals surface area contributed by atoms with Gasteiger partial charge in [-0.1, -0.05) is 0 Å². The highest BCUT2D eigenvalue weighted by Crippen LogP contribution is 2.16. The monoisotopic (exact) mass is 165 g/mol. The van der Waals surface area contributed by atoms with Crippen molar-refractivity contribution in [2.45, 2.75) is 0 Å². The predicted octanol–water partition coefficient (Wildman–Crippen LogP) is -0.339. The SMILES string of the molecule is Nc1nc2c(c(=O)[nH]1)NC=CN2. The van der Waals surface area contributed by atoms with E-state index >= 15 is 0 Å². The topological polar surface area (TPSA) is 95.8 Å². The van der Waals surface area contributed by atoms with Gasteiger partial charge in [0.1, 0.15) is 5.69 Å². The average Bonchev–Trinajstić information content (AvgIpc) is 2.04. The first kappa shape index (κ1) is 6.71. The van der Waals surface area contributed by atoms with Crippen LogP contribution in [0, 0.1) is 0 Å². The maximum atomic E-state index is 11.2. The van der Waals surface area contributed by atoms with E-state index < -0.39 is 0 Å². The molecule has 0 aliphatic carbocycles. The number of hydrogen-bond donors (Lipinski definition) is 4. The number of H-pyrrole nitrogens is 1. The van der Waals surface area contributed by atoms with E-state index in [-0.39, 0.29) is 11.5 Å². The Bertz CT molecular complexity index is 393. The maximum absolute atomic E-state index is 11.2. The molecule has 6 heteroatoms. The summed E-state index contributed by atoms with van der Waals surface area (Å²) in [5, 5.41) is 5.54. The molecule has 1 aromatic heterocycles. The van der Waals surface area contributed by atoms with Crippen molar-refractivity contribution < 1.29 is 0 Å². The lowest BCUT2D eigenvalue weighted by Crippen LogP contribution is -2.19. The summed E-state index contributed by atoms with van der Waals surface area (Å²) >= 11 is 0. The molecule has 0 radical (unpaired) electrons. The molecular weight excluding hydrogens is 158 g/mol. The quantitative estimate of drug-likeness (QED) is 0.422. The summed E-state index contributed by atoms with van der Waals surface area (Å²) in [6.45, 7) is 0. The first-order valence-corrected chi connectivity index (χ1v) is 3.35. The number of nitrogens with one attached hydrogen (secondary N) is 3. The minimum Gasteiger partial charge on any atom is -0.369 e. The van der Waals surface area contributed by atoms with Gasteiger partial charge in [0, 0.05) is 12.4 Å². The van der Waals surface area contributed by atoms with Gasteiger partial charge in [-0.25, -0.2) is 0 Å². The zero-order valence-corrected chi connectivity index (χ0v) is 6.09. The normalized spacial score (nSPS) is 13.0. The first-order chi connectivity index (χ1) is 5.77. The minimum atomic E-state index is -0.283. The summed E-state index contributed by atoms with van der Waals surface area (Å²) in [4.78, 5) is 17.4. The molecule has 12 heavy (non-hydrogen) atoms. The molecule has 6 nitrogen and oxygen atoms in total. The number of nitrogens with zero attached hydrogens (tertiary/aromatic N) is 1. The molecule has 1 aliphatic rings. The van der Waals surface area contributed by atoms with Crippen LogP contribution in [0.25, 0.3) is 0 Å². The van der Waals surface area contributed by atoms with Gasteiger partial charge in [-0.05, 0) is 0 Å². The molecule has 0 atom stereocenters. The van der Waals surface area contributed by atoms with Gasteiger partial charge < -0.3 is 16.4 Å². The van der Waals surface area contributed by atoms with Gasteiger partial charge in [0.2, 0.25) is 5.95 Å². The molecule has 62 valence electrons. The Morgan fingerprint density at radius 1 is 1.33 bits per heavy atom. The second-order valence-corrected chi connectivity index (χ2v) is 2.30.